The fourth-order valence-electron chi connectivity index (χ4n) is 2.66. The summed E-state index contributed by atoms with van der Waals surface area (Å²) in [6.07, 6.45) is 5.75. The molecule has 0 aromatic heterocycles. The van der Waals surface area contributed by atoms with E-state index in [1.807, 2.05) is 6.07 Å². The van der Waals surface area contributed by atoms with Crippen molar-refractivity contribution in [2.24, 2.45) is 0 Å². The van der Waals surface area contributed by atoms with Gasteiger partial charge >= 0.3 is 0 Å². The number of fused-ring (bicyclic) bond motifs is 1. The molecule has 2 N–H and O–H groups in total. The molecule has 1 aromatic rings. The fraction of sp³-hybridized carbons (Fsp3) is 0.571. The summed E-state index contributed by atoms with van der Waals surface area (Å²) in [5, 5.41) is 9.23. The first kappa shape index (κ1) is 13.1. The first-order chi connectivity index (χ1) is 9.05. The van der Waals surface area contributed by atoms with Crippen LogP contribution in [0.1, 0.15) is 36.8 Å². The second-order valence-electron chi connectivity index (χ2n) is 5.68. The van der Waals surface area contributed by atoms with E-state index in [1.54, 1.807) is 12.1 Å². The fourth-order valence-corrected chi connectivity index (χ4v) is 4.17. The van der Waals surface area contributed by atoms with Crippen molar-refractivity contribution in [1.29, 1.82) is 0 Å². The van der Waals surface area contributed by atoms with Crippen molar-refractivity contribution in [2.75, 3.05) is 6.61 Å². The summed E-state index contributed by atoms with van der Waals surface area (Å²) < 4.78 is 27.3. The lowest BCUT2D eigenvalue weighted by molar-refractivity contribution is 0.246. The molecule has 2 aliphatic carbocycles. The molecule has 0 bridgehead atoms. The number of rotatable bonds is 4. The molecule has 0 aliphatic heterocycles. The van der Waals surface area contributed by atoms with E-state index in [1.165, 1.54) is 12.0 Å². The summed E-state index contributed by atoms with van der Waals surface area (Å²) in [7, 11) is -3.51. The van der Waals surface area contributed by atoms with Crippen LogP contribution < -0.4 is 4.72 Å². The van der Waals surface area contributed by atoms with Crippen LogP contribution >= 0.6 is 0 Å². The van der Waals surface area contributed by atoms with E-state index in [9.17, 15) is 13.5 Å². The highest BCUT2D eigenvalue weighted by molar-refractivity contribution is 7.89. The summed E-state index contributed by atoms with van der Waals surface area (Å²) in [5.41, 5.74) is 1.82. The molecule has 1 aromatic carbocycles. The normalized spacial score (nSPS) is 20.9. The Labute approximate surface area is 113 Å². The van der Waals surface area contributed by atoms with Crippen LogP contribution in [0, 0.1) is 0 Å². The van der Waals surface area contributed by atoms with E-state index in [0.717, 1.165) is 24.8 Å². The molecule has 0 unspecified atom stereocenters. The summed E-state index contributed by atoms with van der Waals surface area (Å²) in [5.74, 6) is 0. The average molecular weight is 281 g/mol. The van der Waals surface area contributed by atoms with Crippen LogP contribution in [0.4, 0.5) is 0 Å². The molecule has 19 heavy (non-hydrogen) atoms. The highest BCUT2D eigenvalue weighted by Crippen LogP contribution is 2.36. The van der Waals surface area contributed by atoms with Crippen LogP contribution in [0.5, 0.6) is 0 Å². The van der Waals surface area contributed by atoms with Crippen molar-refractivity contribution in [3.63, 3.8) is 0 Å². The van der Waals surface area contributed by atoms with Gasteiger partial charge in [0.2, 0.25) is 10.0 Å². The summed E-state index contributed by atoms with van der Waals surface area (Å²) in [6.45, 7) is -0.128. The Morgan fingerprint density at radius 1 is 1.16 bits per heavy atom. The third-order valence-corrected chi connectivity index (χ3v) is 5.71. The van der Waals surface area contributed by atoms with E-state index in [0.29, 0.717) is 17.7 Å². The minimum absolute atomic E-state index is 0.128. The van der Waals surface area contributed by atoms with Crippen LogP contribution in [0.25, 0.3) is 0 Å². The lowest BCUT2D eigenvalue weighted by Gasteiger charge is -2.18. The van der Waals surface area contributed by atoms with Crippen LogP contribution in [-0.4, -0.2) is 25.7 Å². The molecule has 1 saturated carbocycles. The van der Waals surface area contributed by atoms with Crippen molar-refractivity contribution in [2.45, 2.75) is 49.0 Å². The number of aliphatic hydroxyl groups excluding tert-OH is 1. The van der Waals surface area contributed by atoms with Gasteiger partial charge in [0.15, 0.2) is 0 Å². The first-order valence-corrected chi connectivity index (χ1v) is 8.30. The van der Waals surface area contributed by atoms with Gasteiger partial charge in [0.25, 0.3) is 0 Å². The smallest absolute Gasteiger partial charge is 0.241 e. The third-order valence-electron chi connectivity index (χ3n) is 4.14. The molecule has 4 nitrogen and oxygen atoms in total. The molecule has 3 rings (SSSR count). The number of sulfonamides is 1. The molecule has 2 aliphatic rings. The molecule has 0 atom stereocenters. The van der Waals surface area contributed by atoms with Gasteiger partial charge in [-0.05, 0) is 61.8 Å². The lowest BCUT2D eigenvalue weighted by Crippen LogP contribution is -2.39. The lowest BCUT2D eigenvalue weighted by atomic mass is 9.92. The molecular weight excluding hydrogens is 262 g/mol. The topological polar surface area (TPSA) is 66.4 Å². The highest BCUT2D eigenvalue weighted by atomic mass is 32.2. The van der Waals surface area contributed by atoms with Crippen molar-refractivity contribution in [1.82, 2.24) is 4.72 Å². The number of nitrogens with one attached hydrogen (secondary N) is 1. The van der Waals surface area contributed by atoms with Gasteiger partial charge in [0, 0.05) is 0 Å². The Bertz CT molecular complexity index is 591. The summed E-state index contributed by atoms with van der Waals surface area (Å²) >= 11 is 0. The minimum atomic E-state index is -3.51. The van der Waals surface area contributed by atoms with Crippen molar-refractivity contribution in [3.05, 3.63) is 29.3 Å². The van der Waals surface area contributed by atoms with Gasteiger partial charge in [0.05, 0.1) is 17.0 Å². The Kier molecular flexibility index (Phi) is 3.15. The molecule has 0 amide bonds. The molecule has 1 fully saturated rings. The van der Waals surface area contributed by atoms with Gasteiger partial charge in [-0.15, -0.1) is 0 Å². The van der Waals surface area contributed by atoms with Gasteiger partial charge in [-0.3, -0.25) is 0 Å². The van der Waals surface area contributed by atoms with Crippen LogP contribution in [0.15, 0.2) is 23.1 Å². The average Bonchev–Trinajstić information content (AvgIpc) is 3.18. The standard InChI is InChI=1S/C14H19NO3S/c16-10-14(7-8-14)15-19(17,18)13-6-5-11-3-1-2-4-12(11)9-13/h5-6,9,15-16H,1-4,7-8,10H2. The van der Waals surface area contributed by atoms with E-state index in [-0.39, 0.29) is 6.61 Å². The number of benzene rings is 1. The van der Waals surface area contributed by atoms with Gasteiger partial charge in [0.1, 0.15) is 0 Å². The van der Waals surface area contributed by atoms with E-state index in [2.05, 4.69) is 4.72 Å². The number of aryl methyl sites for hydroxylation is 2. The maximum atomic E-state index is 12.3. The quantitative estimate of drug-likeness (QED) is 0.876. The van der Waals surface area contributed by atoms with Gasteiger partial charge in [-0.2, -0.15) is 0 Å². The second-order valence-corrected chi connectivity index (χ2v) is 7.36. The Morgan fingerprint density at radius 3 is 2.47 bits per heavy atom. The van der Waals surface area contributed by atoms with Crippen LogP contribution in [0.3, 0.4) is 0 Å². The predicted octanol–water partition coefficient (Wildman–Crippen LogP) is 1.37. The molecule has 5 heteroatoms. The molecular formula is C14H19NO3S. The summed E-state index contributed by atoms with van der Waals surface area (Å²) in [4.78, 5) is 0.327. The third kappa shape index (κ3) is 2.55. The first-order valence-electron chi connectivity index (χ1n) is 6.81. The van der Waals surface area contributed by atoms with Crippen molar-refractivity contribution < 1.29 is 13.5 Å². The molecule has 0 radical (unpaired) electrons. The molecule has 104 valence electrons. The number of hydrogen-bond acceptors (Lipinski definition) is 3. The van der Waals surface area contributed by atoms with E-state index in [4.69, 9.17) is 0 Å². The Hall–Kier alpha value is -0.910. The molecule has 0 heterocycles. The van der Waals surface area contributed by atoms with Crippen molar-refractivity contribution >= 4 is 10.0 Å². The Balaban J connectivity index is 1.89. The minimum Gasteiger partial charge on any atom is -0.394 e. The largest absolute Gasteiger partial charge is 0.394 e. The van der Waals surface area contributed by atoms with E-state index < -0.39 is 15.6 Å². The second kappa shape index (κ2) is 4.58. The zero-order chi connectivity index (χ0) is 13.5. The van der Waals surface area contributed by atoms with Gasteiger partial charge in [-0.1, -0.05) is 6.07 Å². The maximum Gasteiger partial charge on any atom is 0.241 e. The highest BCUT2D eigenvalue weighted by Gasteiger charge is 2.45. The number of hydrogen-bond donors (Lipinski definition) is 2. The molecule has 0 spiro atoms. The number of aliphatic hydroxyl groups is 1. The van der Waals surface area contributed by atoms with Gasteiger partial charge in [-0.25, -0.2) is 13.1 Å². The monoisotopic (exact) mass is 281 g/mol. The maximum absolute atomic E-state index is 12.3. The van der Waals surface area contributed by atoms with Crippen LogP contribution in [0.2, 0.25) is 0 Å². The van der Waals surface area contributed by atoms with Crippen molar-refractivity contribution in [3.8, 4) is 0 Å². The zero-order valence-corrected chi connectivity index (χ0v) is 11.7. The summed E-state index contributed by atoms with van der Waals surface area (Å²) in [6, 6.07) is 5.41. The van der Waals surface area contributed by atoms with E-state index >= 15 is 0 Å². The predicted molar refractivity (Wildman–Crippen MR) is 72.5 cm³/mol. The van der Waals surface area contributed by atoms with Gasteiger partial charge < -0.3 is 5.11 Å². The zero-order valence-electron chi connectivity index (χ0n) is 10.9. The SMILES string of the molecule is O=S(=O)(NC1(CO)CC1)c1ccc2c(c1)CCCC2. The Morgan fingerprint density at radius 2 is 1.84 bits per heavy atom. The molecule has 0 saturated heterocycles. The van der Waals surface area contributed by atoms with Crippen LogP contribution in [-0.2, 0) is 22.9 Å².